The largest absolute Gasteiger partial charge is 0.491 e. The number of rotatable bonds is 7. The predicted molar refractivity (Wildman–Crippen MR) is 104 cm³/mol. The molecular weight excluding hydrogens is 356 g/mol. The van der Waals surface area contributed by atoms with Crippen LogP contribution in [0.2, 0.25) is 0 Å². The topological polar surface area (TPSA) is 89.1 Å². The summed E-state index contributed by atoms with van der Waals surface area (Å²) >= 11 is 0. The lowest BCUT2D eigenvalue weighted by Gasteiger charge is -2.13. The summed E-state index contributed by atoms with van der Waals surface area (Å²) in [7, 11) is 0. The van der Waals surface area contributed by atoms with Gasteiger partial charge in [-0.25, -0.2) is 0 Å². The van der Waals surface area contributed by atoms with Gasteiger partial charge in [0, 0.05) is 36.4 Å². The molecule has 3 aromatic rings. The smallest absolute Gasteiger partial charge is 0.269 e. The third-order valence-corrected chi connectivity index (χ3v) is 4.70. The van der Waals surface area contributed by atoms with Crippen LogP contribution in [0, 0.1) is 5.92 Å². The molecule has 1 amide bonds. The van der Waals surface area contributed by atoms with Crippen LogP contribution in [0.3, 0.4) is 0 Å². The average molecular weight is 378 g/mol. The summed E-state index contributed by atoms with van der Waals surface area (Å²) in [6, 6.07) is 13.3. The highest BCUT2D eigenvalue weighted by Gasteiger charge is 2.17. The van der Waals surface area contributed by atoms with Crippen LogP contribution in [0.15, 0.2) is 54.9 Å². The molecule has 0 saturated carbocycles. The molecule has 1 aromatic carbocycles. The molecule has 0 aliphatic carbocycles. The van der Waals surface area contributed by atoms with E-state index >= 15 is 0 Å². The summed E-state index contributed by atoms with van der Waals surface area (Å²) in [5.41, 5.74) is 2.99. The van der Waals surface area contributed by atoms with E-state index in [1.54, 1.807) is 18.5 Å². The Morgan fingerprint density at radius 2 is 2.18 bits per heavy atom. The van der Waals surface area contributed by atoms with Crippen molar-refractivity contribution in [1.82, 2.24) is 20.5 Å². The molecule has 0 bridgehead atoms. The standard InChI is InChI=1S/C21H22N4O3/c26-21(19-10-18(24-25-19)16-4-2-1-3-5-16)23-11-17-6-8-22-12-20(17)28-14-15-7-9-27-13-15/h1-6,8,10,12,15H,7,9,11,13-14H2,(H,23,26)(H,24,25). The Balaban J connectivity index is 1.36. The monoisotopic (exact) mass is 378 g/mol. The number of nitrogens with zero attached hydrogens (tertiary/aromatic N) is 2. The predicted octanol–water partition coefficient (Wildman–Crippen LogP) is 2.82. The molecular formula is C21H22N4O3. The Kier molecular flexibility index (Phi) is 5.63. The molecule has 0 spiro atoms. The van der Waals surface area contributed by atoms with Gasteiger partial charge < -0.3 is 14.8 Å². The molecule has 1 unspecified atom stereocenters. The SMILES string of the molecule is O=C(NCc1ccncc1OCC1CCOC1)c1cc(-c2ccccc2)n[nH]1. The molecule has 1 aliphatic rings. The van der Waals surface area contributed by atoms with E-state index in [1.165, 1.54) is 0 Å². The molecule has 28 heavy (non-hydrogen) atoms. The first-order valence-corrected chi connectivity index (χ1v) is 9.32. The molecule has 1 saturated heterocycles. The van der Waals surface area contributed by atoms with Gasteiger partial charge in [-0.3, -0.25) is 14.9 Å². The van der Waals surface area contributed by atoms with Gasteiger partial charge in [-0.15, -0.1) is 0 Å². The average Bonchev–Trinajstić information content (AvgIpc) is 3.44. The number of nitrogens with one attached hydrogen (secondary N) is 2. The zero-order valence-corrected chi connectivity index (χ0v) is 15.4. The lowest BCUT2D eigenvalue weighted by Crippen LogP contribution is -2.23. The Hall–Kier alpha value is -3.19. The molecule has 3 heterocycles. The minimum Gasteiger partial charge on any atom is -0.491 e. The second-order valence-corrected chi connectivity index (χ2v) is 6.74. The number of aromatic amines is 1. The van der Waals surface area contributed by atoms with Crippen LogP contribution in [0.5, 0.6) is 5.75 Å². The van der Waals surface area contributed by atoms with Gasteiger partial charge in [0.15, 0.2) is 0 Å². The van der Waals surface area contributed by atoms with E-state index < -0.39 is 0 Å². The molecule has 144 valence electrons. The Morgan fingerprint density at radius 1 is 1.29 bits per heavy atom. The first-order valence-electron chi connectivity index (χ1n) is 9.32. The van der Waals surface area contributed by atoms with Crippen molar-refractivity contribution in [3.63, 3.8) is 0 Å². The van der Waals surface area contributed by atoms with Crippen LogP contribution in [0.25, 0.3) is 11.3 Å². The Morgan fingerprint density at radius 3 is 3.00 bits per heavy atom. The molecule has 2 aromatic heterocycles. The van der Waals surface area contributed by atoms with E-state index in [9.17, 15) is 4.79 Å². The van der Waals surface area contributed by atoms with Crippen molar-refractivity contribution in [3.05, 3.63) is 66.1 Å². The van der Waals surface area contributed by atoms with Crippen LogP contribution in [0.1, 0.15) is 22.5 Å². The Bertz CT molecular complexity index is 920. The van der Waals surface area contributed by atoms with Crippen molar-refractivity contribution in [2.75, 3.05) is 19.8 Å². The van der Waals surface area contributed by atoms with Gasteiger partial charge in [0.2, 0.25) is 0 Å². The number of carbonyl (C=O) groups is 1. The van der Waals surface area contributed by atoms with Crippen molar-refractivity contribution >= 4 is 5.91 Å². The Labute approximate surface area is 163 Å². The van der Waals surface area contributed by atoms with Crippen LogP contribution in [-0.4, -0.2) is 40.9 Å². The van der Waals surface area contributed by atoms with Gasteiger partial charge in [0.1, 0.15) is 11.4 Å². The van der Waals surface area contributed by atoms with E-state index in [1.807, 2.05) is 36.4 Å². The van der Waals surface area contributed by atoms with Gasteiger partial charge >= 0.3 is 0 Å². The van der Waals surface area contributed by atoms with Crippen molar-refractivity contribution in [3.8, 4) is 17.0 Å². The molecule has 7 nitrogen and oxygen atoms in total. The fourth-order valence-electron chi connectivity index (χ4n) is 3.07. The van der Waals surface area contributed by atoms with Gasteiger partial charge in [-0.1, -0.05) is 30.3 Å². The van der Waals surface area contributed by atoms with Gasteiger partial charge in [0.25, 0.3) is 5.91 Å². The van der Waals surface area contributed by atoms with Crippen molar-refractivity contribution in [2.24, 2.45) is 5.92 Å². The summed E-state index contributed by atoms with van der Waals surface area (Å²) in [6.07, 6.45) is 4.38. The van der Waals surface area contributed by atoms with E-state index in [4.69, 9.17) is 9.47 Å². The highest BCUT2D eigenvalue weighted by molar-refractivity contribution is 5.93. The molecule has 0 radical (unpaired) electrons. The van der Waals surface area contributed by atoms with Crippen LogP contribution >= 0.6 is 0 Å². The maximum Gasteiger partial charge on any atom is 0.269 e. The number of amides is 1. The zero-order chi connectivity index (χ0) is 19.2. The van der Waals surface area contributed by atoms with E-state index in [-0.39, 0.29) is 5.91 Å². The molecule has 1 atom stereocenters. The molecule has 2 N–H and O–H groups in total. The second kappa shape index (κ2) is 8.67. The maximum absolute atomic E-state index is 12.5. The first-order chi connectivity index (χ1) is 13.8. The minimum absolute atomic E-state index is 0.221. The number of benzene rings is 1. The van der Waals surface area contributed by atoms with E-state index in [2.05, 4.69) is 20.5 Å². The quantitative estimate of drug-likeness (QED) is 0.660. The van der Waals surface area contributed by atoms with Crippen LogP contribution in [-0.2, 0) is 11.3 Å². The molecule has 4 rings (SSSR count). The number of H-pyrrole nitrogens is 1. The third-order valence-electron chi connectivity index (χ3n) is 4.70. The highest BCUT2D eigenvalue weighted by atomic mass is 16.5. The lowest BCUT2D eigenvalue weighted by atomic mass is 10.1. The highest BCUT2D eigenvalue weighted by Crippen LogP contribution is 2.20. The molecule has 1 aliphatic heterocycles. The first kappa shape index (κ1) is 18.2. The van der Waals surface area contributed by atoms with Gasteiger partial charge in [-0.05, 0) is 18.6 Å². The number of hydrogen-bond donors (Lipinski definition) is 2. The maximum atomic E-state index is 12.5. The normalized spacial score (nSPS) is 16.1. The fraction of sp³-hybridized carbons (Fsp3) is 0.286. The number of ether oxygens (including phenoxy) is 2. The van der Waals surface area contributed by atoms with Gasteiger partial charge in [0.05, 0.1) is 25.1 Å². The number of hydrogen-bond acceptors (Lipinski definition) is 5. The van der Waals surface area contributed by atoms with E-state index in [0.717, 1.165) is 36.5 Å². The number of pyridine rings is 1. The van der Waals surface area contributed by atoms with Gasteiger partial charge in [-0.2, -0.15) is 5.10 Å². The molecule has 1 fully saturated rings. The summed E-state index contributed by atoms with van der Waals surface area (Å²) in [4.78, 5) is 16.6. The van der Waals surface area contributed by atoms with Crippen molar-refractivity contribution in [1.29, 1.82) is 0 Å². The summed E-state index contributed by atoms with van der Waals surface area (Å²) in [5.74, 6) is 0.870. The minimum atomic E-state index is -0.221. The number of aromatic nitrogens is 3. The van der Waals surface area contributed by atoms with Crippen LogP contribution < -0.4 is 10.1 Å². The van der Waals surface area contributed by atoms with Crippen molar-refractivity contribution < 1.29 is 14.3 Å². The van der Waals surface area contributed by atoms with E-state index in [0.29, 0.717) is 30.5 Å². The summed E-state index contributed by atoms with van der Waals surface area (Å²) in [5, 5.41) is 9.92. The third kappa shape index (κ3) is 4.37. The second-order valence-electron chi connectivity index (χ2n) is 6.74. The van der Waals surface area contributed by atoms with Crippen LogP contribution in [0.4, 0.5) is 0 Å². The lowest BCUT2D eigenvalue weighted by molar-refractivity contribution is 0.0945. The fourth-order valence-corrected chi connectivity index (χ4v) is 3.07. The summed E-state index contributed by atoms with van der Waals surface area (Å²) in [6.45, 7) is 2.46. The zero-order valence-electron chi connectivity index (χ0n) is 15.4. The van der Waals surface area contributed by atoms with Crippen molar-refractivity contribution in [2.45, 2.75) is 13.0 Å². The molecule has 7 heteroatoms. The summed E-state index contributed by atoms with van der Waals surface area (Å²) < 4.78 is 11.3. The number of carbonyl (C=O) groups excluding carboxylic acids is 1.